The molecule has 2 aliphatic rings. The molecule has 2 aromatic rings. The molecule has 0 radical (unpaired) electrons. The van der Waals surface area contributed by atoms with Crippen LogP contribution in [0.2, 0.25) is 10.0 Å². The smallest absolute Gasteiger partial charge is 0.303 e. The first-order valence-corrected chi connectivity index (χ1v) is 11.1. The first-order valence-electron chi connectivity index (χ1n) is 10.4. The number of aryl methyl sites for hydroxylation is 2. The summed E-state index contributed by atoms with van der Waals surface area (Å²) in [6.45, 7) is 12.2. The minimum atomic E-state index is -0.342. The van der Waals surface area contributed by atoms with Gasteiger partial charge in [-0.1, -0.05) is 41.4 Å². The predicted octanol–water partition coefficient (Wildman–Crippen LogP) is 5.35. The van der Waals surface area contributed by atoms with Gasteiger partial charge in [0.1, 0.15) is 5.60 Å². The Morgan fingerprint density at radius 2 is 1.70 bits per heavy atom. The van der Waals surface area contributed by atoms with Crippen molar-refractivity contribution in [3.8, 4) is 0 Å². The van der Waals surface area contributed by atoms with Crippen LogP contribution in [0.5, 0.6) is 0 Å². The third kappa shape index (κ3) is 4.18. The van der Waals surface area contributed by atoms with Crippen LogP contribution in [0.25, 0.3) is 0 Å². The van der Waals surface area contributed by atoms with Crippen LogP contribution < -0.4 is 4.90 Å². The van der Waals surface area contributed by atoms with E-state index in [-0.39, 0.29) is 11.6 Å². The Balaban J connectivity index is 1.41. The molecular weight excluding hydrogens is 419 g/mol. The summed E-state index contributed by atoms with van der Waals surface area (Å²) in [6.07, 6.45) is 0. The van der Waals surface area contributed by atoms with Gasteiger partial charge in [-0.05, 0) is 55.2 Å². The molecule has 0 aliphatic carbocycles. The number of hydrogen-bond acceptors (Lipinski definition) is 4. The van der Waals surface area contributed by atoms with Gasteiger partial charge in [-0.15, -0.1) is 0 Å². The van der Waals surface area contributed by atoms with Gasteiger partial charge in [-0.3, -0.25) is 9.69 Å². The number of anilines is 1. The summed E-state index contributed by atoms with van der Waals surface area (Å²) in [5, 5.41) is 1.42. The monoisotopic (exact) mass is 446 g/mol. The number of halogens is 2. The van der Waals surface area contributed by atoms with E-state index in [1.54, 1.807) is 0 Å². The lowest BCUT2D eigenvalue weighted by Crippen LogP contribution is -2.61. The quantitative estimate of drug-likeness (QED) is 0.579. The van der Waals surface area contributed by atoms with Crippen LogP contribution in [-0.4, -0.2) is 42.6 Å². The lowest BCUT2D eigenvalue weighted by Gasteiger charge is -2.47. The maximum Gasteiger partial charge on any atom is 0.303 e. The van der Waals surface area contributed by atoms with Crippen molar-refractivity contribution in [1.29, 1.82) is 0 Å². The first-order chi connectivity index (χ1) is 14.1. The molecule has 0 amide bonds. The van der Waals surface area contributed by atoms with Crippen molar-refractivity contribution in [2.24, 2.45) is 0 Å². The van der Waals surface area contributed by atoms with Crippen LogP contribution in [0, 0.1) is 13.8 Å². The molecule has 0 N–H and O–H groups in total. The van der Waals surface area contributed by atoms with Gasteiger partial charge in [-0.25, -0.2) is 0 Å². The van der Waals surface area contributed by atoms with Crippen molar-refractivity contribution in [2.75, 3.05) is 31.1 Å². The summed E-state index contributed by atoms with van der Waals surface area (Å²) < 4.78 is 5.42. The zero-order valence-corrected chi connectivity index (χ0v) is 19.5. The molecular formula is C24H28Cl2N2O2. The molecule has 0 spiro atoms. The molecule has 0 aromatic heterocycles. The van der Waals surface area contributed by atoms with E-state index in [0.29, 0.717) is 16.0 Å². The van der Waals surface area contributed by atoms with E-state index in [9.17, 15) is 4.79 Å². The van der Waals surface area contributed by atoms with E-state index in [1.807, 2.05) is 25.1 Å². The molecule has 0 atom stereocenters. The third-order valence-corrected chi connectivity index (χ3v) is 6.72. The fraction of sp³-hybridized carbons (Fsp3) is 0.458. The average Bonchev–Trinajstić information content (AvgIpc) is 2.55. The number of hydrogen-bond donors (Lipinski definition) is 0. The van der Waals surface area contributed by atoms with Crippen molar-refractivity contribution in [3.63, 3.8) is 0 Å². The standard InChI is InChI=1S/C24H28Cl2N2O2/c1-15-8-18(10-27-13-24(4,14-27)30-17(3)29)9-16(2)22(15)19-11-28(12-19)23-20(25)6-5-7-21(23)26/h5-9,19H,10-14H2,1-4H3. The largest absolute Gasteiger partial charge is 0.457 e. The summed E-state index contributed by atoms with van der Waals surface area (Å²) in [6, 6.07) is 10.3. The Kier molecular flexibility index (Phi) is 5.78. The maximum absolute atomic E-state index is 11.2. The van der Waals surface area contributed by atoms with Gasteiger partial charge in [0.05, 0.1) is 15.7 Å². The predicted molar refractivity (Wildman–Crippen MR) is 123 cm³/mol. The van der Waals surface area contributed by atoms with Gasteiger partial charge >= 0.3 is 5.97 Å². The van der Waals surface area contributed by atoms with E-state index in [0.717, 1.165) is 38.4 Å². The molecule has 0 bridgehead atoms. The lowest BCUT2D eigenvalue weighted by molar-refractivity contribution is -0.174. The fourth-order valence-corrected chi connectivity index (χ4v) is 5.75. The maximum atomic E-state index is 11.2. The third-order valence-electron chi connectivity index (χ3n) is 6.11. The topological polar surface area (TPSA) is 32.8 Å². The van der Waals surface area contributed by atoms with E-state index in [1.165, 1.54) is 29.2 Å². The number of ether oxygens (including phenoxy) is 1. The van der Waals surface area contributed by atoms with Crippen molar-refractivity contribution in [1.82, 2.24) is 4.90 Å². The van der Waals surface area contributed by atoms with Gasteiger partial charge < -0.3 is 9.64 Å². The van der Waals surface area contributed by atoms with Gasteiger partial charge in [0, 0.05) is 45.6 Å². The molecule has 4 rings (SSSR count). The number of carbonyl (C=O) groups excluding carboxylic acids is 1. The molecule has 2 aliphatic heterocycles. The molecule has 4 nitrogen and oxygen atoms in total. The van der Waals surface area contributed by atoms with Gasteiger partial charge in [0.2, 0.25) is 0 Å². The number of para-hydroxylation sites is 1. The summed E-state index contributed by atoms with van der Waals surface area (Å²) in [5.74, 6) is 0.281. The van der Waals surface area contributed by atoms with Crippen molar-refractivity contribution < 1.29 is 9.53 Å². The molecule has 2 saturated heterocycles. The summed E-state index contributed by atoms with van der Waals surface area (Å²) in [4.78, 5) is 15.8. The summed E-state index contributed by atoms with van der Waals surface area (Å²) in [7, 11) is 0. The highest BCUT2D eigenvalue weighted by atomic mass is 35.5. The molecule has 2 fully saturated rings. The van der Waals surface area contributed by atoms with Crippen molar-refractivity contribution >= 4 is 34.9 Å². The van der Waals surface area contributed by atoms with Gasteiger partial charge in [0.25, 0.3) is 0 Å². The number of nitrogens with zero attached hydrogens (tertiary/aromatic N) is 2. The van der Waals surface area contributed by atoms with E-state index in [4.69, 9.17) is 27.9 Å². The molecule has 2 heterocycles. The second kappa shape index (κ2) is 8.07. The van der Waals surface area contributed by atoms with E-state index in [2.05, 4.69) is 35.8 Å². The SMILES string of the molecule is CC(=O)OC1(C)CN(Cc2cc(C)c(C3CN(c4c(Cl)cccc4Cl)C3)c(C)c2)C1. The number of esters is 1. The Hall–Kier alpha value is -1.75. The molecule has 6 heteroatoms. The first kappa shape index (κ1) is 21.5. The Bertz CT molecular complexity index is 936. The molecule has 2 aromatic carbocycles. The number of carbonyl (C=O) groups is 1. The Labute approximate surface area is 188 Å². The second-order valence-electron chi connectivity index (χ2n) is 9.00. The lowest BCUT2D eigenvalue weighted by atomic mass is 9.84. The Morgan fingerprint density at radius 3 is 2.23 bits per heavy atom. The molecule has 0 unspecified atom stereocenters. The average molecular weight is 447 g/mol. The summed E-state index contributed by atoms with van der Waals surface area (Å²) >= 11 is 12.7. The number of benzene rings is 2. The summed E-state index contributed by atoms with van der Waals surface area (Å²) in [5.41, 5.74) is 6.02. The van der Waals surface area contributed by atoms with Crippen molar-refractivity contribution in [2.45, 2.75) is 45.8 Å². The zero-order chi connectivity index (χ0) is 21.6. The van der Waals surface area contributed by atoms with E-state index < -0.39 is 0 Å². The van der Waals surface area contributed by atoms with Crippen LogP contribution in [0.3, 0.4) is 0 Å². The fourth-order valence-electron chi connectivity index (χ4n) is 5.12. The highest BCUT2D eigenvalue weighted by Crippen LogP contribution is 2.41. The van der Waals surface area contributed by atoms with E-state index >= 15 is 0 Å². The van der Waals surface area contributed by atoms with Gasteiger partial charge in [0.15, 0.2) is 0 Å². The normalized spacial score (nSPS) is 18.7. The highest BCUT2D eigenvalue weighted by molar-refractivity contribution is 6.39. The number of rotatable bonds is 5. The molecule has 0 saturated carbocycles. The van der Waals surface area contributed by atoms with Crippen LogP contribution in [0.1, 0.15) is 42.0 Å². The van der Waals surface area contributed by atoms with Crippen LogP contribution in [-0.2, 0) is 16.1 Å². The van der Waals surface area contributed by atoms with Crippen LogP contribution in [0.4, 0.5) is 5.69 Å². The second-order valence-corrected chi connectivity index (χ2v) is 9.82. The zero-order valence-electron chi connectivity index (χ0n) is 18.0. The van der Waals surface area contributed by atoms with Crippen LogP contribution >= 0.6 is 23.2 Å². The highest BCUT2D eigenvalue weighted by Gasteiger charge is 2.41. The van der Waals surface area contributed by atoms with Gasteiger partial charge in [-0.2, -0.15) is 0 Å². The molecule has 30 heavy (non-hydrogen) atoms. The van der Waals surface area contributed by atoms with Crippen LogP contribution in [0.15, 0.2) is 30.3 Å². The van der Waals surface area contributed by atoms with Crippen molar-refractivity contribution in [3.05, 3.63) is 62.6 Å². The minimum Gasteiger partial charge on any atom is -0.457 e. The number of likely N-dealkylation sites (tertiary alicyclic amines) is 1. The molecule has 160 valence electrons. The minimum absolute atomic E-state index is 0.208. The Morgan fingerprint density at radius 1 is 1.13 bits per heavy atom.